The van der Waals surface area contributed by atoms with E-state index in [-0.39, 0.29) is 29.8 Å². The predicted molar refractivity (Wildman–Crippen MR) is 106 cm³/mol. The first-order valence-electron chi connectivity index (χ1n) is 10.0. The number of carbonyl (C=O) groups excluding carboxylic acids is 2. The van der Waals surface area contributed by atoms with Gasteiger partial charge in [0.1, 0.15) is 0 Å². The number of pyridine rings is 1. The average Bonchev–Trinajstić information content (AvgIpc) is 3.48. The molecule has 12 heteroatoms. The minimum atomic E-state index is -5.08. The lowest BCUT2D eigenvalue weighted by atomic mass is 9.93. The Balaban J connectivity index is 0.000000383. The number of hydrogen-bond donors (Lipinski definition) is 2. The van der Waals surface area contributed by atoms with Gasteiger partial charge in [-0.2, -0.15) is 13.2 Å². The molecule has 2 aromatic rings. The van der Waals surface area contributed by atoms with E-state index in [2.05, 4.69) is 10.3 Å². The molecule has 178 valence electrons. The molecule has 2 amide bonds. The number of fused-ring (bicyclic) bond motifs is 1. The number of aryl methyl sites for hydroxylation is 1. The highest BCUT2D eigenvalue weighted by molar-refractivity contribution is 5.94. The van der Waals surface area contributed by atoms with Crippen LogP contribution in [0, 0.1) is 18.8 Å². The second-order valence-electron chi connectivity index (χ2n) is 7.69. The molecule has 0 aliphatic carbocycles. The highest BCUT2D eigenvalue weighted by Crippen LogP contribution is 2.34. The number of rotatable bonds is 4. The third kappa shape index (κ3) is 5.89. The topological polar surface area (TPSA) is 122 Å². The normalized spacial score (nSPS) is 21.7. The van der Waals surface area contributed by atoms with Gasteiger partial charge in [-0.15, -0.1) is 0 Å². The van der Waals surface area contributed by atoms with Gasteiger partial charge in [-0.3, -0.25) is 14.6 Å². The van der Waals surface area contributed by atoms with Crippen LogP contribution in [0.15, 0.2) is 41.3 Å². The lowest BCUT2D eigenvalue weighted by molar-refractivity contribution is -0.192. The van der Waals surface area contributed by atoms with Gasteiger partial charge in [0.05, 0.1) is 19.0 Å². The number of furan rings is 1. The van der Waals surface area contributed by atoms with Crippen molar-refractivity contribution in [1.29, 1.82) is 0 Å². The predicted octanol–water partition coefficient (Wildman–Crippen LogP) is 2.13. The maximum Gasteiger partial charge on any atom is 0.490 e. The van der Waals surface area contributed by atoms with Crippen LogP contribution in [-0.2, 0) is 9.53 Å². The number of aromatic nitrogens is 1. The lowest BCUT2D eigenvalue weighted by Crippen LogP contribution is -2.35. The van der Waals surface area contributed by atoms with Gasteiger partial charge in [-0.05, 0) is 25.1 Å². The monoisotopic (exact) mass is 469 g/mol. The fourth-order valence-corrected chi connectivity index (χ4v) is 3.74. The summed E-state index contributed by atoms with van der Waals surface area (Å²) >= 11 is 0. The van der Waals surface area contributed by atoms with Gasteiger partial charge >= 0.3 is 12.1 Å². The number of nitrogens with zero attached hydrogens (tertiary/aromatic N) is 2. The van der Waals surface area contributed by atoms with Gasteiger partial charge in [0, 0.05) is 55.0 Å². The Morgan fingerprint density at radius 1 is 1.21 bits per heavy atom. The maximum atomic E-state index is 12.6. The molecule has 4 heterocycles. The Morgan fingerprint density at radius 2 is 1.88 bits per heavy atom. The molecule has 0 unspecified atom stereocenters. The van der Waals surface area contributed by atoms with Crippen molar-refractivity contribution in [3.05, 3.63) is 53.7 Å². The molecule has 2 saturated heterocycles. The summed E-state index contributed by atoms with van der Waals surface area (Å²) in [7, 11) is 0. The molecule has 2 aliphatic heterocycles. The van der Waals surface area contributed by atoms with E-state index in [1.54, 1.807) is 35.5 Å². The Hall–Kier alpha value is -3.41. The number of carbonyl (C=O) groups is 3. The van der Waals surface area contributed by atoms with Gasteiger partial charge in [0.25, 0.3) is 11.8 Å². The molecule has 0 aromatic carbocycles. The highest BCUT2D eigenvalue weighted by Gasteiger charge is 2.45. The maximum absolute atomic E-state index is 12.6. The summed E-state index contributed by atoms with van der Waals surface area (Å²) in [5.74, 6) is -2.15. The Labute approximate surface area is 186 Å². The van der Waals surface area contributed by atoms with Crippen LogP contribution in [0.3, 0.4) is 0 Å². The van der Waals surface area contributed by atoms with Crippen LogP contribution < -0.4 is 5.32 Å². The SMILES string of the molecule is Cc1ccoc1C(=O)N1C[C@@H]2[C@H](CNC(=O)c3ccncc3)CO[C@@H]2C1.O=C(O)C(F)(F)F. The molecule has 0 saturated carbocycles. The fourth-order valence-electron chi connectivity index (χ4n) is 3.74. The van der Waals surface area contributed by atoms with Gasteiger partial charge < -0.3 is 24.5 Å². The van der Waals surface area contributed by atoms with Crippen molar-refractivity contribution in [1.82, 2.24) is 15.2 Å². The summed E-state index contributed by atoms with van der Waals surface area (Å²) in [6, 6.07) is 5.16. The van der Waals surface area contributed by atoms with E-state index in [9.17, 15) is 22.8 Å². The summed E-state index contributed by atoms with van der Waals surface area (Å²) in [4.78, 5) is 39.4. The molecule has 9 nitrogen and oxygen atoms in total. The van der Waals surface area contributed by atoms with Gasteiger partial charge in [0.2, 0.25) is 0 Å². The smallest absolute Gasteiger partial charge is 0.475 e. The molecule has 0 radical (unpaired) electrons. The van der Waals surface area contributed by atoms with Gasteiger partial charge in [0.15, 0.2) is 5.76 Å². The van der Waals surface area contributed by atoms with Crippen LogP contribution in [0.25, 0.3) is 0 Å². The first kappa shape index (κ1) is 24.2. The number of carboxylic acid groups (broad SMARTS) is 1. The lowest BCUT2D eigenvalue weighted by Gasteiger charge is -2.19. The number of nitrogens with one attached hydrogen (secondary N) is 1. The molecule has 4 rings (SSSR count). The van der Waals surface area contributed by atoms with Crippen molar-refractivity contribution in [3.8, 4) is 0 Å². The number of hydrogen-bond acceptors (Lipinski definition) is 6. The zero-order valence-electron chi connectivity index (χ0n) is 17.5. The van der Waals surface area contributed by atoms with Crippen LogP contribution >= 0.6 is 0 Å². The van der Waals surface area contributed by atoms with Crippen molar-refractivity contribution in [3.63, 3.8) is 0 Å². The second-order valence-corrected chi connectivity index (χ2v) is 7.69. The van der Waals surface area contributed by atoms with Gasteiger partial charge in [-0.1, -0.05) is 0 Å². The molecule has 2 fully saturated rings. The number of ether oxygens (including phenoxy) is 1. The largest absolute Gasteiger partial charge is 0.490 e. The third-order valence-electron chi connectivity index (χ3n) is 5.49. The molecular formula is C21H22F3N3O6. The zero-order valence-corrected chi connectivity index (χ0v) is 17.5. The molecule has 2 aliphatic rings. The van der Waals surface area contributed by atoms with Gasteiger partial charge in [-0.25, -0.2) is 4.79 Å². The molecule has 2 aromatic heterocycles. The van der Waals surface area contributed by atoms with E-state index in [1.165, 1.54) is 6.26 Å². The third-order valence-corrected chi connectivity index (χ3v) is 5.49. The molecule has 2 N–H and O–H groups in total. The number of aliphatic carboxylic acids is 1. The van der Waals surface area contributed by atoms with E-state index in [0.717, 1.165) is 5.56 Å². The van der Waals surface area contributed by atoms with E-state index in [1.807, 2.05) is 6.92 Å². The minimum absolute atomic E-state index is 0.0250. The molecular weight excluding hydrogens is 447 g/mol. The highest BCUT2D eigenvalue weighted by atomic mass is 19.4. The number of halogens is 3. The Kier molecular flexibility index (Phi) is 7.36. The van der Waals surface area contributed by atoms with Crippen LogP contribution in [0.1, 0.15) is 26.5 Å². The van der Waals surface area contributed by atoms with Crippen LogP contribution in [0.5, 0.6) is 0 Å². The number of carboxylic acids is 1. The van der Waals surface area contributed by atoms with E-state index < -0.39 is 12.1 Å². The minimum Gasteiger partial charge on any atom is -0.475 e. The molecule has 33 heavy (non-hydrogen) atoms. The summed E-state index contributed by atoms with van der Waals surface area (Å²) in [6.07, 6.45) is -0.327. The molecule has 0 spiro atoms. The van der Waals surface area contributed by atoms with Crippen molar-refractivity contribution in [2.24, 2.45) is 11.8 Å². The quantitative estimate of drug-likeness (QED) is 0.704. The average molecular weight is 469 g/mol. The summed E-state index contributed by atoms with van der Waals surface area (Å²) in [5, 5.41) is 10.1. The standard InChI is InChI=1S/C19H21N3O4.C2HF3O2/c1-12-4-7-25-17(12)19(24)22-9-15-14(11-26-16(15)10-22)8-21-18(23)13-2-5-20-6-3-13;3-2(4,5)1(6)7/h2-7,14-16H,8-11H2,1H3,(H,21,23);(H,6,7)/t14-,15-,16-;/m1./s1. The Morgan fingerprint density at radius 3 is 2.45 bits per heavy atom. The van der Waals surface area contributed by atoms with Crippen molar-refractivity contribution < 1.29 is 41.8 Å². The first-order valence-corrected chi connectivity index (χ1v) is 10.0. The number of alkyl halides is 3. The van der Waals surface area contributed by atoms with Crippen molar-refractivity contribution >= 4 is 17.8 Å². The first-order chi connectivity index (χ1) is 15.6. The molecule has 0 bridgehead atoms. The number of likely N-dealkylation sites (tertiary alicyclic amines) is 1. The van der Waals surface area contributed by atoms with Crippen LogP contribution in [0.2, 0.25) is 0 Å². The fraction of sp³-hybridized carbons (Fsp3) is 0.429. The van der Waals surface area contributed by atoms with Crippen LogP contribution in [0.4, 0.5) is 13.2 Å². The van der Waals surface area contributed by atoms with Crippen molar-refractivity contribution in [2.75, 3.05) is 26.2 Å². The van der Waals surface area contributed by atoms with Crippen LogP contribution in [-0.4, -0.2) is 71.3 Å². The summed E-state index contributed by atoms with van der Waals surface area (Å²) < 4.78 is 42.9. The van der Waals surface area contributed by atoms with E-state index in [0.29, 0.717) is 37.6 Å². The van der Waals surface area contributed by atoms with E-state index in [4.69, 9.17) is 19.1 Å². The van der Waals surface area contributed by atoms with Crippen molar-refractivity contribution in [2.45, 2.75) is 19.2 Å². The number of amides is 2. The zero-order chi connectivity index (χ0) is 24.2. The summed E-state index contributed by atoms with van der Waals surface area (Å²) in [6.45, 7) is 4.19. The summed E-state index contributed by atoms with van der Waals surface area (Å²) in [5.41, 5.74) is 1.43. The Bertz CT molecular complexity index is 995. The second kappa shape index (κ2) is 10.0. The van der Waals surface area contributed by atoms with E-state index >= 15 is 0 Å². The molecule has 3 atom stereocenters.